The molecule has 4 nitrogen and oxygen atoms in total. The van der Waals surface area contributed by atoms with Gasteiger partial charge >= 0.3 is 0 Å². The van der Waals surface area contributed by atoms with E-state index in [0.717, 1.165) is 0 Å². The van der Waals surface area contributed by atoms with Gasteiger partial charge in [-0.25, -0.2) is 0 Å². The van der Waals surface area contributed by atoms with Crippen LogP contribution >= 0.6 is 0 Å². The van der Waals surface area contributed by atoms with Crippen molar-refractivity contribution in [3.63, 3.8) is 0 Å². The zero-order chi connectivity index (χ0) is 10.6. The van der Waals surface area contributed by atoms with Crippen molar-refractivity contribution in [2.45, 2.75) is 20.8 Å². The van der Waals surface area contributed by atoms with Gasteiger partial charge in [-0.15, -0.1) is 0 Å². The van der Waals surface area contributed by atoms with E-state index in [1.807, 2.05) is 0 Å². The van der Waals surface area contributed by atoms with E-state index in [1.54, 1.807) is 20.8 Å². The van der Waals surface area contributed by atoms with Gasteiger partial charge in [0.2, 0.25) is 5.91 Å². The fourth-order valence-corrected chi connectivity index (χ4v) is 0.925. The molecule has 0 fully saturated rings. The lowest BCUT2D eigenvalue weighted by Gasteiger charge is -2.24. The van der Waals surface area contributed by atoms with Crippen molar-refractivity contribution in [1.82, 2.24) is 0 Å². The van der Waals surface area contributed by atoms with E-state index >= 15 is 0 Å². The van der Waals surface area contributed by atoms with Gasteiger partial charge in [0.05, 0.1) is 11.5 Å². The van der Waals surface area contributed by atoms with Crippen molar-refractivity contribution < 1.29 is 4.79 Å². The quantitative estimate of drug-likeness (QED) is 0.621. The fraction of sp³-hybridized carbons (Fsp3) is 0.556. The Morgan fingerprint density at radius 2 is 2.08 bits per heavy atom. The number of carbonyl (C=O) groups is 1. The van der Waals surface area contributed by atoms with Gasteiger partial charge in [-0.2, -0.15) is 5.26 Å². The summed E-state index contributed by atoms with van der Waals surface area (Å²) < 4.78 is 0. The molecular formula is C9H15N3O. The topological polar surface area (TPSA) is 92.9 Å². The molecule has 72 valence electrons. The standard InChI is InChI=1S/C9H15N3O/c1-6(9(2,3)5-11)7(4-10)8(12)13/h4,6H,10H2,1-3H3,(H2,12,13)/b7-4+. The largest absolute Gasteiger partial charge is 0.404 e. The summed E-state index contributed by atoms with van der Waals surface area (Å²) in [4.78, 5) is 10.9. The normalized spacial score (nSPS) is 14.8. The van der Waals surface area contributed by atoms with Crippen LogP contribution in [0, 0.1) is 22.7 Å². The Hall–Kier alpha value is -1.50. The molecular weight excluding hydrogens is 166 g/mol. The minimum Gasteiger partial charge on any atom is -0.404 e. The molecule has 0 aromatic carbocycles. The van der Waals surface area contributed by atoms with Gasteiger partial charge in [-0.05, 0) is 13.8 Å². The highest BCUT2D eigenvalue weighted by molar-refractivity contribution is 5.92. The maximum absolute atomic E-state index is 10.9. The van der Waals surface area contributed by atoms with Gasteiger partial charge < -0.3 is 11.5 Å². The molecule has 13 heavy (non-hydrogen) atoms. The van der Waals surface area contributed by atoms with Gasteiger partial charge in [0.15, 0.2) is 0 Å². The predicted octanol–water partition coefficient (Wildman–Crippen LogP) is 0.500. The molecule has 0 saturated carbocycles. The van der Waals surface area contributed by atoms with Crippen molar-refractivity contribution in [3.05, 3.63) is 11.8 Å². The summed E-state index contributed by atoms with van der Waals surface area (Å²) in [5, 5.41) is 8.82. The third kappa shape index (κ3) is 2.48. The van der Waals surface area contributed by atoms with Crippen LogP contribution in [0.1, 0.15) is 20.8 Å². The number of nitriles is 1. The number of hydrogen-bond donors (Lipinski definition) is 2. The Balaban J connectivity index is 4.90. The molecule has 4 heteroatoms. The van der Waals surface area contributed by atoms with Gasteiger partial charge in [0.25, 0.3) is 0 Å². The van der Waals surface area contributed by atoms with Crippen LogP contribution in [-0.2, 0) is 4.79 Å². The lowest BCUT2D eigenvalue weighted by Crippen LogP contribution is -2.29. The van der Waals surface area contributed by atoms with Crippen LogP contribution in [0.2, 0.25) is 0 Å². The van der Waals surface area contributed by atoms with E-state index in [4.69, 9.17) is 16.7 Å². The minimum atomic E-state index is -0.639. The van der Waals surface area contributed by atoms with Gasteiger partial charge in [-0.1, -0.05) is 6.92 Å². The van der Waals surface area contributed by atoms with E-state index < -0.39 is 11.3 Å². The molecule has 0 aromatic heterocycles. The first-order valence-corrected chi connectivity index (χ1v) is 3.99. The molecule has 1 unspecified atom stereocenters. The summed E-state index contributed by atoms with van der Waals surface area (Å²) in [7, 11) is 0. The first-order chi connectivity index (χ1) is 5.86. The van der Waals surface area contributed by atoms with E-state index in [1.165, 1.54) is 6.20 Å². The molecule has 0 aliphatic carbocycles. The van der Waals surface area contributed by atoms with Crippen LogP contribution in [0.25, 0.3) is 0 Å². The van der Waals surface area contributed by atoms with E-state index in [0.29, 0.717) is 5.57 Å². The number of carbonyl (C=O) groups excluding carboxylic acids is 1. The molecule has 1 atom stereocenters. The summed E-state index contributed by atoms with van der Waals surface area (Å²) in [6, 6.07) is 2.11. The summed E-state index contributed by atoms with van der Waals surface area (Å²) in [5.41, 5.74) is 10.0. The first-order valence-electron chi connectivity index (χ1n) is 3.99. The summed E-state index contributed by atoms with van der Waals surface area (Å²) in [6.45, 7) is 5.24. The Morgan fingerprint density at radius 1 is 1.62 bits per heavy atom. The maximum Gasteiger partial charge on any atom is 0.246 e. The van der Waals surface area contributed by atoms with Crippen LogP contribution in [0.15, 0.2) is 11.8 Å². The van der Waals surface area contributed by atoms with Crippen LogP contribution in [0.3, 0.4) is 0 Å². The zero-order valence-electron chi connectivity index (χ0n) is 8.16. The summed E-state index contributed by atoms with van der Waals surface area (Å²) in [5.74, 6) is -0.835. The van der Waals surface area contributed by atoms with E-state index in [9.17, 15) is 4.79 Å². The Kier molecular flexibility index (Phi) is 3.49. The minimum absolute atomic E-state index is 0.264. The van der Waals surface area contributed by atoms with Crippen molar-refractivity contribution in [2.24, 2.45) is 22.8 Å². The molecule has 0 aliphatic heterocycles. The third-order valence-electron chi connectivity index (χ3n) is 2.30. The second-order valence-corrected chi connectivity index (χ2v) is 3.54. The molecule has 0 aliphatic rings. The Bertz CT molecular complexity index is 273. The number of hydrogen-bond acceptors (Lipinski definition) is 3. The highest BCUT2D eigenvalue weighted by Crippen LogP contribution is 2.30. The highest BCUT2D eigenvalue weighted by Gasteiger charge is 2.30. The third-order valence-corrected chi connectivity index (χ3v) is 2.30. The van der Waals surface area contributed by atoms with Crippen molar-refractivity contribution >= 4 is 5.91 Å². The molecule has 0 rings (SSSR count). The fourth-order valence-electron chi connectivity index (χ4n) is 0.925. The maximum atomic E-state index is 10.9. The van der Waals surface area contributed by atoms with Crippen molar-refractivity contribution in [1.29, 1.82) is 5.26 Å². The average Bonchev–Trinajstić information content (AvgIpc) is 2.05. The number of rotatable bonds is 3. The molecule has 4 N–H and O–H groups in total. The monoisotopic (exact) mass is 181 g/mol. The number of primary amides is 1. The van der Waals surface area contributed by atoms with E-state index in [-0.39, 0.29) is 5.92 Å². The zero-order valence-corrected chi connectivity index (χ0v) is 8.16. The predicted molar refractivity (Wildman–Crippen MR) is 50.0 cm³/mol. The summed E-state index contributed by atoms with van der Waals surface area (Å²) in [6.07, 6.45) is 1.17. The molecule has 0 aromatic rings. The molecule has 0 bridgehead atoms. The second-order valence-electron chi connectivity index (χ2n) is 3.54. The van der Waals surface area contributed by atoms with Crippen LogP contribution in [-0.4, -0.2) is 5.91 Å². The second kappa shape index (κ2) is 3.94. The smallest absolute Gasteiger partial charge is 0.246 e. The molecule has 1 amide bonds. The van der Waals surface area contributed by atoms with Crippen LogP contribution in [0.4, 0.5) is 0 Å². The molecule has 0 heterocycles. The molecule has 0 radical (unpaired) electrons. The number of nitrogens with zero attached hydrogens (tertiary/aromatic N) is 1. The van der Waals surface area contributed by atoms with Crippen molar-refractivity contribution in [2.75, 3.05) is 0 Å². The van der Waals surface area contributed by atoms with Gasteiger partial charge in [-0.3, -0.25) is 4.79 Å². The Morgan fingerprint density at radius 3 is 2.31 bits per heavy atom. The SMILES string of the molecule is CC(/C(=C\N)C(N)=O)C(C)(C)C#N. The molecule has 0 saturated heterocycles. The van der Waals surface area contributed by atoms with Crippen LogP contribution in [0.5, 0.6) is 0 Å². The lowest BCUT2D eigenvalue weighted by molar-refractivity contribution is -0.115. The summed E-state index contributed by atoms with van der Waals surface area (Å²) >= 11 is 0. The Labute approximate surface area is 78.2 Å². The number of amides is 1. The van der Waals surface area contributed by atoms with Crippen molar-refractivity contribution in [3.8, 4) is 6.07 Å². The van der Waals surface area contributed by atoms with Gasteiger partial charge in [0, 0.05) is 17.7 Å². The van der Waals surface area contributed by atoms with Gasteiger partial charge in [0.1, 0.15) is 0 Å². The highest BCUT2D eigenvalue weighted by atomic mass is 16.1. The number of nitrogens with two attached hydrogens (primary N) is 2. The molecule has 0 spiro atoms. The average molecular weight is 181 g/mol. The van der Waals surface area contributed by atoms with Crippen LogP contribution < -0.4 is 11.5 Å². The lowest BCUT2D eigenvalue weighted by atomic mass is 9.77. The first kappa shape index (κ1) is 11.5. The van der Waals surface area contributed by atoms with E-state index in [2.05, 4.69) is 6.07 Å².